The van der Waals surface area contributed by atoms with E-state index in [9.17, 15) is 14.6 Å². The minimum atomic E-state index is -2.80. The van der Waals surface area contributed by atoms with Crippen LogP contribution < -0.4 is 5.73 Å². The molecule has 3 rings (SSSR count). The molecule has 0 aliphatic carbocycles. The smallest absolute Gasteiger partial charge is 0.325 e. The number of aliphatic hydroxyl groups is 3. The highest BCUT2D eigenvalue weighted by Crippen LogP contribution is 2.38. The van der Waals surface area contributed by atoms with Gasteiger partial charge in [-0.15, -0.1) is 0 Å². The van der Waals surface area contributed by atoms with Gasteiger partial charge in [-0.1, -0.05) is 0 Å². The Labute approximate surface area is 111 Å². The molecule has 1 aliphatic rings. The number of fused-ring (bicyclic) bond motifs is 1. The number of alkyl halides is 1. The number of aliphatic hydroxyl groups excluding tert-OH is 3. The molecule has 1 saturated heterocycles. The van der Waals surface area contributed by atoms with Crippen molar-refractivity contribution in [2.45, 2.75) is 24.3 Å². The topological polar surface area (TPSA) is 140 Å². The average Bonchev–Trinajstić information content (AvgIpc) is 2.96. The summed E-state index contributed by atoms with van der Waals surface area (Å²) in [5.41, 5.74) is 5.73. The number of nitrogens with two attached hydrogens (primary N) is 1. The van der Waals surface area contributed by atoms with Crippen molar-refractivity contribution >= 4 is 17.0 Å². The van der Waals surface area contributed by atoms with E-state index >= 15 is 0 Å². The molecule has 5 N–H and O–H groups in total. The SMILES string of the molecule is Nc1ncnc2c1ncn2[C@]1([18F])O[C@H](CO)[C@@H](O)[C@H]1O. The Hall–Kier alpha value is -1.88. The molecule has 4 atom stereocenters. The van der Waals surface area contributed by atoms with E-state index in [1.165, 1.54) is 0 Å². The number of nitrogen functional groups attached to an aromatic ring is 1. The lowest BCUT2D eigenvalue weighted by Crippen LogP contribution is -2.41. The number of hydrogen-bond donors (Lipinski definition) is 4. The van der Waals surface area contributed by atoms with Gasteiger partial charge in [0, 0.05) is 0 Å². The van der Waals surface area contributed by atoms with Crippen molar-refractivity contribution < 1.29 is 24.4 Å². The molecule has 0 saturated carbocycles. The first-order valence-electron chi connectivity index (χ1n) is 5.76. The average molecular weight is 284 g/mol. The molecule has 108 valence electrons. The van der Waals surface area contributed by atoms with Crippen molar-refractivity contribution in [1.29, 1.82) is 0 Å². The molecular formula is C10H12FN5O4. The van der Waals surface area contributed by atoms with Gasteiger partial charge in [-0.2, -0.15) is 4.39 Å². The van der Waals surface area contributed by atoms with Crippen LogP contribution in [0.2, 0.25) is 0 Å². The Morgan fingerprint density at radius 1 is 1.40 bits per heavy atom. The molecule has 0 spiro atoms. The summed E-state index contributed by atoms with van der Waals surface area (Å²) >= 11 is 0. The zero-order valence-electron chi connectivity index (χ0n) is 10.1. The van der Waals surface area contributed by atoms with Gasteiger partial charge >= 0.3 is 5.98 Å². The Bertz CT molecular complexity index is 652. The van der Waals surface area contributed by atoms with Crippen LogP contribution in [0.15, 0.2) is 12.7 Å². The van der Waals surface area contributed by atoms with Gasteiger partial charge in [-0.25, -0.2) is 15.0 Å². The van der Waals surface area contributed by atoms with E-state index in [1.54, 1.807) is 0 Å². The fourth-order valence-electron chi connectivity index (χ4n) is 2.19. The number of imidazole rings is 1. The zero-order chi connectivity index (χ0) is 14.5. The number of nitrogens with zero attached hydrogens (tertiary/aromatic N) is 4. The lowest BCUT2D eigenvalue weighted by atomic mass is 10.1. The van der Waals surface area contributed by atoms with Crippen LogP contribution in [0.4, 0.5) is 10.2 Å². The molecule has 0 unspecified atom stereocenters. The molecule has 0 radical (unpaired) electrons. The van der Waals surface area contributed by atoms with Gasteiger partial charge in [-0.05, 0) is 0 Å². The fraction of sp³-hybridized carbons (Fsp3) is 0.500. The van der Waals surface area contributed by atoms with Crippen LogP contribution in [0, 0.1) is 0 Å². The van der Waals surface area contributed by atoms with Crippen LogP contribution in [0.1, 0.15) is 0 Å². The van der Waals surface area contributed by atoms with E-state index in [0.717, 1.165) is 17.2 Å². The van der Waals surface area contributed by atoms with Crippen molar-refractivity contribution in [3.05, 3.63) is 12.7 Å². The predicted molar refractivity (Wildman–Crippen MR) is 62.8 cm³/mol. The second-order valence-electron chi connectivity index (χ2n) is 4.43. The molecule has 20 heavy (non-hydrogen) atoms. The molecule has 0 aromatic carbocycles. The van der Waals surface area contributed by atoms with E-state index in [0.29, 0.717) is 0 Å². The third kappa shape index (κ3) is 1.59. The molecule has 9 nitrogen and oxygen atoms in total. The molecule has 0 bridgehead atoms. The first-order valence-corrected chi connectivity index (χ1v) is 5.76. The molecule has 10 heteroatoms. The Morgan fingerprint density at radius 3 is 2.80 bits per heavy atom. The molecule has 3 heterocycles. The summed E-state index contributed by atoms with van der Waals surface area (Å²) in [7, 11) is 0. The summed E-state index contributed by atoms with van der Waals surface area (Å²) in [5.74, 6) is -2.76. The van der Waals surface area contributed by atoms with Gasteiger partial charge in [0.2, 0.25) is 0 Å². The van der Waals surface area contributed by atoms with Crippen molar-refractivity contribution in [3.8, 4) is 0 Å². The van der Waals surface area contributed by atoms with Crippen LogP contribution in [0.3, 0.4) is 0 Å². The lowest BCUT2D eigenvalue weighted by Gasteiger charge is -2.24. The van der Waals surface area contributed by atoms with Gasteiger partial charge < -0.3 is 25.8 Å². The van der Waals surface area contributed by atoms with E-state index in [2.05, 4.69) is 15.0 Å². The highest BCUT2D eigenvalue weighted by atomic mass is 18.2. The minimum absolute atomic E-state index is 0.00448. The Kier molecular flexibility index (Phi) is 2.83. The molecular weight excluding hydrogens is 272 g/mol. The number of halogens is 1. The van der Waals surface area contributed by atoms with Gasteiger partial charge in [-0.3, -0.25) is 4.57 Å². The molecule has 2 aromatic rings. The second kappa shape index (κ2) is 4.31. The second-order valence-corrected chi connectivity index (χ2v) is 4.43. The molecule has 1 fully saturated rings. The fourth-order valence-corrected chi connectivity index (χ4v) is 2.19. The summed E-state index contributed by atoms with van der Waals surface area (Å²) in [6.07, 6.45) is -2.60. The van der Waals surface area contributed by atoms with Crippen molar-refractivity contribution in [1.82, 2.24) is 19.5 Å². The number of rotatable bonds is 2. The standard InChI is InChI=1S/C10H12FN5O4/c11-10(7(19)6(18)4(1-17)20-10)16-3-15-5-8(12)13-2-14-9(5)16/h2-4,6-7,17-19H,1H2,(H2,12,13,14)/t4-,6-,7-,10+/m1/s1/i11-1. The maximum Gasteiger partial charge on any atom is 0.325 e. The summed E-state index contributed by atoms with van der Waals surface area (Å²) in [4.78, 5) is 11.4. The van der Waals surface area contributed by atoms with Crippen molar-refractivity contribution in [2.75, 3.05) is 12.3 Å². The first-order chi connectivity index (χ1) is 9.49. The Morgan fingerprint density at radius 2 is 2.15 bits per heavy atom. The molecule has 1 aliphatic heterocycles. The number of ether oxygens (including phenoxy) is 1. The van der Waals surface area contributed by atoms with E-state index in [4.69, 9.17) is 15.6 Å². The van der Waals surface area contributed by atoms with Crippen LogP contribution in [0.5, 0.6) is 0 Å². The summed E-state index contributed by atoms with van der Waals surface area (Å²) in [6, 6.07) is 0. The maximum atomic E-state index is 14.9. The quantitative estimate of drug-likeness (QED) is 0.501. The number of aromatic nitrogens is 4. The van der Waals surface area contributed by atoms with Gasteiger partial charge in [0.05, 0.1) is 6.61 Å². The van der Waals surface area contributed by atoms with E-state index in [-0.39, 0.29) is 17.0 Å². The minimum Gasteiger partial charge on any atom is -0.394 e. The third-order valence-electron chi connectivity index (χ3n) is 3.26. The maximum absolute atomic E-state index is 14.9. The zero-order valence-corrected chi connectivity index (χ0v) is 10.1. The van der Waals surface area contributed by atoms with E-state index < -0.39 is 30.9 Å². The first kappa shape index (κ1) is 13.1. The van der Waals surface area contributed by atoms with Gasteiger partial charge in [0.25, 0.3) is 0 Å². The monoisotopic (exact) mass is 284 g/mol. The summed E-state index contributed by atoms with van der Waals surface area (Å²) in [5, 5.41) is 28.5. The normalized spacial score (nSPS) is 33.9. The summed E-state index contributed by atoms with van der Waals surface area (Å²) < 4.78 is 20.6. The van der Waals surface area contributed by atoms with Crippen LogP contribution >= 0.6 is 0 Å². The summed E-state index contributed by atoms with van der Waals surface area (Å²) in [6.45, 7) is -0.645. The van der Waals surface area contributed by atoms with Crippen LogP contribution in [-0.4, -0.2) is 59.8 Å². The molecule has 2 aromatic heterocycles. The highest BCUT2D eigenvalue weighted by Gasteiger charge is 2.57. The number of anilines is 1. The Balaban J connectivity index is 2.13. The predicted octanol–water partition coefficient (Wildman–Crippen LogP) is -1.90. The van der Waals surface area contributed by atoms with Crippen molar-refractivity contribution in [2.24, 2.45) is 0 Å². The van der Waals surface area contributed by atoms with Gasteiger partial charge in [0.15, 0.2) is 17.6 Å². The van der Waals surface area contributed by atoms with Crippen LogP contribution in [-0.2, 0) is 10.7 Å². The van der Waals surface area contributed by atoms with Crippen LogP contribution in [0.25, 0.3) is 11.2 Å². The highest BCUT2D eigenvalue weighted by molar-refractivity contribution is 5.81. The van der Waals surface area contributed by atoms with Crippen molar-refractivity contribution in [3.63, 3.8) is 0 Å². The number of hydrogen-bond acceptors (Lipinski definition) is 8. The molecule has 0 amide bonds. The third-order valence-corrected chi connectivity index (χ3v) is 3.26. The van der Waals surface area contributed by atoms with Gasteiger partial charge in [0.1, 0.15) is 30.4 Å². The lowest BCUT2D eigenvalue weighted by molar-refractivity contribution is -0.235. The largest absolute Gasteiger partial charge is 0.394 e. The van der Waals surface area contributed by atoms with E-state index in [1.807, 2.05) is 0 Å².